The van der Waals surface area contributed by atoms with Gasteiger partial charge >= 0.3 is 6.08 Å². The highest BCUT2D eigenvalue weighted by atomic mass is 32.1. The number of thiophene rings is 1. The van der Waals surface area contributed by atoms with Crippen molar-refractivity contribution < 1.29 is 32.3 Å². The van der Waals surface area contributed by atoms with Crippen LogP contribution >= 0.6 is 11.3 Å². The van der Waals surface area contributed by atoms with Crippen LogP contribution in [-0.4, -0.2) is 35.9 Å². The number of hydrogen-bond donors (Lipinski definition) is 2. The number of carbonyl (C=O) groups excluding carboxylic acids is 2. The molecule has 1 aromatic carbocycles. The van der Waals surface area contributed by atoms with E-state index in [0.717, 1.165) is 17.4 Å². The van der Waals surface area contributed by atoms with E-state index in [9.17, 15) is 18.4 Å². The average Bonchev–Trinajstić information content (AvgIpc) is 3.46. The second-order valence-corrected chi connectivity index (χ2v) is 7.66. The van der Waals surface area contributed by atoms with E-state index in [1.807, 2.05) is 0 Å². The van der Waals surface area contributed by atoms with E-state index >= 15 is 0 Å². The minimum atomic E-state index is -0.769. The van der Waals surface area contributed by atoms with Crippen molar-refractivity contribution in [2.45, 2.75) is 0 Å². The molecule has 0 saturated carbocycles. The lowest BCUT2D eigenvalue weighted by Crippen LogP contribution is -2.18. The van der Waals surface area contributed by atoms with Crippen molar-refractivity contribution in [2.24, 2.45) is 0 Å². The van der Waals surface area contributed by atoms with Crippen LogP contribution in [0.25, 0.3) is 10.6 Å². The largest absolute Gasteiger partial charge is 0.454 e. The number of benzene rings is 1. The molecule has 0 saturated heterocycles. The third-order valence-corrected chi connectivity index (χ3v) is 5.28. The minimum Gasteiger partial charge on any atom is -0.454 e. The van der Waals surface area contributed by atoms with Crippen molar-refractivity contribution in [2.75, 3.05) is 19.5 Å². The zero-order valence-corrected chi connectivity index (χ0v) is 18.5. The van der Waals surface area contributed by atoms with Gasteiger partial charge < -0.3 is 24.5 Å². The van der Waals surface area contributed by atoms with E-state index in [0.29, 0.717) is 4.88 Å². The lowest BCUT2D eigenvalue weighted by Gasteiger charge is -2.10. The number of nitrogens with one attached hydrogen (secondary N) is 2. The number of carbonyl (C=O) groups is 2. The molecule has 4 aromatic rings. The normalized spacial score (nSPS) is 10.6. The lowest BCUT2D eigenvalue weighted by molar-refractivity contribution is 0.0957. The first-order valence-electron chi connectivity index (χ1n) is 9.65. The van der Waals surface area contributed by atoms with Gasteiger partial charge in [0.2, 0.25) is 0 Å². The molecule has 0 bridgehead atoms. The fourth-order valence-corrected chi connectivity index (χ4v) is 3.56. The van der Waals surface area contributed by atoms with Crippen molar-refractivity contribution in [1.29, 1.82) is 0 Å². The number of ether oxygens (including phenoxy) is 2. The Morgan fingerprint density at radius 2 is 1.91 bits per heavy atom. The molecule has 34 heavy (non-hydrogen) atoms. The molecular formula is C22H16F2N4O5S. The van der Waals surface area contributed by atoms with Crippen LogP contribution in [0.3, 0.4) is 0 Å². The van der Waals surface area contributed by atoms with Gasteiger partial charge in [-0.1, -0.05) is 0 Å². The van der Waals surface area contributed by atoms with Crippen molar-refractivity contribution in [3.63, 3.8) is 0 Å². The SMILES string of the molecule is CNC(=O)c1cc(Oc2ccc(NC(=O)c3nc(OC)oc3-c3ccc(F)s3)cc2F)ccn1. The summed E-state index contributed by atoms with van der Waals surface area (Å²) in [6.07, 6.45) is 1.17. The van der Waals surface area contributed by atoms with Gasteiger partial charge in [0.25, 0.3) is 11.8 Å². The molecule has 0 unspecified atom stereocenters. The van der Waals surface area contributed by atoms with Gasteiger partial charge in [-0.05, 0) is 30.3 Å². The number of pyridine rings is 1. The highest BCUT2D eigenvalue weighted by Gasteiger charge is 2.24. The fourth-order valence-electron chi connectivity index (χ4n) is 2.85. The Kier molecular flexibility index (Phi) is 6.50. The summed E-state index contributed by atoms with van der Waals surface area (Å²) in [5.41, 5.74) is 0.0626. The summed E-state index contributed by atoms with van der Waals surface area (Å²) in [7, 11) is 2.77. The zero-order chi connectivity index (χ0) is 24.2. The molecule has 12 heteroatoms. The summed E-state index contributed by atoms with van der Waals surface area (Å²) in [4.78, 5) is 32.7. The highest BCUT2D eigenvalue weighted by molar-refractivity contribution is 7.13. The zero-order valence-electron chi connectivity index (χ0n) is 17.7. The fraction of sp³-hybridized carbons (Fsp3) is 0.0909. The van der Waals surface area contributed by atoms with Crippen molar-refractivity contribution >= 4 is 28.8 Å². The van der Waals surface area contributed by atoms with Gasteiger partial charge in [-0.2, -0.15) is 9.37 Å². The number of aromatic nitrogens is 2. The molecule has 2 amide bonds. The van der Waals surface area contributed by atoms with Crippen LogP contribution in [0, 0.1) is 10.9 Å². The van der Waals surface area contributed by atoms with E-state index in [-0.39, 0.29) is 40.4 Å². The van der Waals surface area contributed by atoms with E-state index < -0.39 is 22.8 Å². The van der Waals surface area contributed by atoms with Gasteiger partial charge in [0.05, 0.1) is 12.0 Å². The van der Waals surface area contributed by atoms with Crippen LogP contribution in [0.4, 0.5) is 14.5 Å². The number of amides is 2. The van der Waals surface area contributed by atoms with Crippen LogP contribution in [0.5, 0.6) is 17.6 Å². The Morgan fingerprint density at radius 3 is 2.59 bits per heavy atom. The summed E-state index contributed by atoms with van der Waals surface area (Å²) in [5, 5.41) is 4.48. The Labute approximate surface area is 195 Å². The molecule has 3 heterocycles. The van der Waals surface area contributed by atoms with Crippen LogP contribution < -0.4 is 20.1 Å². The molecule has 0 atom stereocenters. The Bertz CT molecular complexity index is 1370. The van der Waals surface area contributed by atoms with Gasteiger partial charge in [0.1, 0.15) is 11.4 Å². The number of anilines is 1. The standard InChI is InChI=1S/C22H16F2N4O5S/c1-25-20(29)14-10-12(7-8-26-14)32-15-4-3-11(9-13(15)23)27-21(30)18-19(33-22(28-18)31-2)16-5-6-17(24)34-16/h3-10H,1-2H3,(H,25,29)(H,27,30). The highest BCUT2D eigenvalue weighted by Crippen LogP contribution is 2.34. The van der Waals surface area contributed by atoms with Gasteiger partial charge in [-0.15, -0.1) is 11.3 Å². The topological polar surface area (TPSA) is 116 Å². The number of rotatable bonds is 7. The smallest absolute Gasteiger partial charge is 0.394 e. The molecule has 4 rings (SSSR count). The van der Waals surface area contributed by atoms with Crippen LogP contribution in [0.1, 0.15) is 21.0 Å². The van der Waals surface area contributed by atoms with E-state index in [1.165, 1.54) is 56.8 Å². The maximum absolute atomic E-state index is 14.7. The third kappa shape index (κ3) is 4.86. The van der Waals surface area contributed by atoms with Gasteiger partial charge in [0, 0.05) is 31.1 Å². The molecule has 0 aliphatic heterocycles. The molecular weight excluding hydrogens is 470 g/mol. The second kappa shape index (κ2) is 9.67. The quantitative estimate of drug-likeness (QED) is 0.395. The monoisotopic (exact) mass is 486 g/mol. The lowest BCUT2D eigenvalue weighted by atomic mass is 10.2. The summed E-state index contributed by atoms with van der Waals surface area (Å²) in [6.45, 7) is 0. The minimum absolute atomic E-state index is 0.0216. The second-order valence-electron chi connectivity index (χ2n) is 6.62. The summed E-state index contributed by atoms with van der Waals surface area (Å²) >= 11 is 0.770. The molecule has 0 fully saturated rings. The number of oxazole rings is 1. The summed E-state index contributed by atoms with van der Waals surface area (Å²) in [5.74, 6) is -1.81. The van der Waals surface area contributed by atoms with Crippen LogP contribution in [0.15, 0.2) is 53.1 Å². The van der Waals surface area contributed by atoms with Gasteiger partial charge in [-0.25, -0.2) is 4.39 Å². The Morgan fingerprint density at radius 1 is 1.09 bits per heavy atom. The maximum Gasteiger partial charge on any atom is 0.394 e. The van der Waals surface area contributed by atoms with E-state index in [4.69, 9.17) is 13.9 Å². The van der Waals surface area contributed by atoms with E-state index in [1.54, 1.807) is 0 Å². The van der Waals surface area contributed by atoms with Crippen LogP contribution in [0.2, 0.25) is 0 Å². The summed E-state index contributed by atoms with van der Waals surface area (Å²) < 4.78 is 43.9. The van der Waals surface area contributed by atoms with Gasteiger partial charge in [-0.3, -0.25) is 14.6 Å². The first-order valence-corrected chi connectivity index (χ1v) is 10.5. The molecule has 174 valence electrons. The maximum atomic E-state index is 14.7. The molecule has 3 aromatic heterocycles. The molecule has 2 N–H and O–H groups in total. The average molecular weight is 486 g/mol. The van der Waals surface area contributed by atoms with Crippen molar-refractivity contribution in [3.8, 4) is 28.2 Å². The number of methoxy groups -OCH3 is 1. The van der Waals surface area contributed by atoms with Crippen LogP contribution in [-0.2, 0) is 0 Å². The Hall–Kier alpha value is -4.32. The molecule has 9 nitrogen and oxygen atoms in total. The Balaban J connectivity index is 1.53. The third-order valence-electron chi connectivity index (χ3n) is 4.40. The first-order chi connectivity index (χ1) is 16.4. The van der Waals surface area contributed by atoms with Crippen molar-refractivity contribution in [3.05, 3.63) is 71.0 Å². The predicted octanol–water partition coefficient (Wildman–Crippen LogP) is 4.49. The number of halogens is 2. The van der Waals surface area contributed by atoms with Gasteiger partial charge in [0.15, 0.2) is 28.2 Å². The molecule has 0 aliphatic rings. The summed E-state index contributed by atoms with van der Waals surface area (Å²) in [6, 6.07) is 9.27. The van der Waals surface area contributed by atoms with Crippen molar-refractivity contribution in [1.82, 2.24) is 15.3 Å². The molecule has 0 spiro atoms. The van der Waals surface area contributed by atoms with E-state index in [2.05, 4.69) is 20.6 Å². The molecule has 0 radical (unpaired) electrons. The number of nitrogens with zero attached hydrogens (tertiary/aromatic N) is 2. The number of hydrogen-bond acceptors (Lipinski definition) is 8. The first kappa shape index (κ1) is 22.9. The predicted molar refractivity (Wildman–Crippen MR) is 118 cm³/mol. The molecule has 0 aliphatic carbocycles.